The van der Waals surface area contributed by atoms with E-state index in [0.717, 1.165) is 12.2 Å². The highest BCUT2D eigenvalue weighted by Crippen LogP contribution is 2.23. The Morgan fingerprint density at radius 2 is 1.54 bits per heavy atom. The zero-order valence-electron chi connectivity index (χ0n) is 14.9. The first-order chi connectivity index (χ1) is 12.7. The number of benzene rings is 3. The summed E-state index contributed by atoms with van der Waals surface area (Å²) in [6, 6.07) is 26.6. The van der Waals surface area contributed by atoms with Gasteiger partial charge in [0, 0.05) is 22.8 Å². The lowest BCUT2D eigenvalue weighted by molar-refractivity contribution is 0.0954. The predicted molar refractivity (Wildman–Crippen MR) is 110 cm³/mol. The van der Waals surface area contributed by atoms with E-state index in [-0.39, 0.29) is 5.91 Å². The topological polar surface area (TPSA) is 29.1 Å². The van der Waals surface area contributed by atoms with Gasteiger partial charge < -0.3 is 5.32 Å². The quantitative estimate of drug-likeness (QED) is 0.582. The Morgan fingerprint density at radius 1 is 0.846 bits per heavy atom. The molecule has 0 spiro atoms. The molecule has 0 bridgehead atoms. The van der Waals surface area contributed by atoms with Crippen molar-refractivity contribution in [3.05, 3.63) is 101 Å². The molecule has 0 fully saturated rings. The molecule has 3 aromatic rings. The fourth-order valence-corrected chi connectivity index (χ4v) is 3.47. The van der Waals surface area contributed by atoms with Crippen molar-refractivity contribution in [1.29, 1.82) is 0 Å². The van der Waals surface area contributed by atoms with Crippen molar-refractivity contribution in [3.8, 4) is 0 Å². The Balaban J connectivity index is 1.47. The van der Waals surface area contributed by atoms with Crippen LogP contribution in [0.4, 0.5) is 0 Å². The van der Waals surface area contributed by atoms with Crippen LogP contribution in [0.5, 0.6) is 0 Å². The first-order valence-electron chi connectivity index (χ1n) is 8.81. The summed E-state index contributed by atoms with van der Waals surface area (Å²) in [6.07, 6.45) is 0.845. The maximum atomic E-state index is 12.2. The Morgan fingerprint density at radius 3 is 2.23 bits per heavy atom. The van der Waals surface area contributed by atoms with Crippen LogP contribution in [0, 0.1) is 6.92 Å². The summed E-state index contributed by atoms with van der Waals surface area (Å²) in [5.74, 6) is 0.887. The lowest BCUT2D eigenvalue weighted by Gasteiger charge is -2.07. The molecule has 0 aliphatic carbocycles. The van der Waals surface area contributed by atoms with E-state index in [2.05, 4.69) is 48.6 Å². The summed E-state index contributed by atoms with van der Waals surface area (Å²) >= 11 is 1.81. The molecule has 0 unspecified atom stereocenters. The number of hydrogen-bond acceptors (Lipinski definition) is 2. The molecule has 132 valence electrons. The molecular formula is C23H23NOS. The SMILES string of the molecule is Cc1ccc(SCc2ccc(C(=O)NCCc3ccccc3)cc2)cc1. The third-order valence-electron chi connectivity index (χ3n) is 4.18. The molecule has 26 heavy (non-hydrogen) atoms. The van der Waals surface area contributed by atoms with Crippen molar-refractivity contribution >= 4 is 17.7 Å². The van der Waals surface area contributed by atoms with E-state index in [1.54, 1.807) is 0 Å². The molecule has 0 heterocycles. The number of amides is 1. The molecule has 3 rings (SSSR count). The minimum atomic E-state index is -0.0151. The van der Waals surface area contributed by atoms with E-state index >= 15 is 0 Å². The summed E-state index contributed by atoms with van der Waals surface area (Å²) < 4.78 is 0. The van der Waals surface area contributed by atoms with Crippen molar-refractivity contribution in [2.24, 2.45) is 0 Å². The molecule has 0 aromatic heterocycles. The highest BCUT2D eigenvalue weighted by Gasteiger charge is 2.05. The number of nitrogens with one attached hydrogen (secondary N) is 1. The van der Waals surface area contributed by atoms with E-state index < -0.39 is 0 Å². The van der Waals surface area contributed by atoms with Crippen molar-refractivity contribution in [2.45, 2.75) is 24.0 Å². The highest BCUT2D eigenvalue weighted by molar-refractivity contribution is 7.98. The Bertz CT molecular complexity index is 826. The fraction of sp³-hybridized carbons (Fsp3) is 0.174. The van der Waals surface area contributed by atoms with Gasteiger partial charge in [-0.25, -0.2) is 0 Å². The van der Waals surface area contributed by atoms with Crippen molar-refractivity contribution in [2.75, 3.05) is 6.54 Å². The third-order valence-corrected chi connectivity index (χ3v) is 5.27. The molecular weight excluding hydrogens is 338 g/mol. The molecule has 0 saturated carbocycles. The van der Waals surface area contributed by atoms with Crippen molar-refractivity contribution in [1.82, 2.24) is 5.32 Å². The van der Waals surface area contributed by atoms with Gasteiger partial charge in [-0.3, -0.25) is 4.79 Å². The van der Waals surface area contributed by atoms with E-state index in [9.17, 15) is 4.79 Å². The maximum Gasteiger partial charge on any atom is 0.251 e. The third kappa shape index (κ3) is 5.50. The fourth-order valence-electron chi connectivity index (χ4n) is 2.62. The van der Waals surface area contributed by atoms with Gasteiger partial charge in [-0.15, -0.1) is 11.8 Å². The second-order valence-electron chi connectivity index (χ2n) is 6.29. The van der Waals surface area contributed by atoms with E-state index in [1.807, 2.05) is 54.2 Å². The van der Waals surface area contributed by atoms with Crippen molar-refractivity contribution in [3.63, 3.8) is 0 Å². The Kier molecular flexibility index (Phi) is 6.50. The molecule has 1 amide bonds. The summed E-state index contributed by atoms with van der Waals surface area (Å²) in [7, 11) is 0. The number of hydrogen-bond donors (Lipinski definition) is 1. The van der Waals surface area contributed by atoms with Crippen LogP contribution in [0.1, 0.15) is 27.0 Å². The number of aryl methyl sites for hydroxylation is 1. The average Bonchev–Trinajstić information content (AvgIpc) is 2.69. The molecule has 0 saturated heterocycles. The van der Waals surface area contributed by atoms with Gasteiger partial charge in [0.1, 0.15) is 0 Å². The maximum absolute atomic E-state index is 12.2. The van der Waals surface area contributed by atoms with Gasteiger partial charge in [0.05, 0.1) is 0 Å². The molecule has 0 aliphatic rings. The summed E-state index contributed by atoms with van der Waals surface area (Å²) in [5.41, 5.74) is 4.44. The molecule has 3 heteroatoms. The number of thioether (sulfide) groups is 1. The van der Waals surface area contributed by atoms with Crippen LogP contribution in [-0.4, -0.2) is 12.5 Å². The number of carbonyl (C=O) groups excluding carboxylic acids is 1. The molecule has 2 nitrogen and oxygen atoms in total. The van der Waals surface area contributed by atoms with Crippen LogP contribution >= 0.6 is 11.8 Å². The lowest BCUT2D eigenvalue weighted by atomic mass is 10.1. The van der Waals surface area contributed by atoms with Gasteiger partial charge in [-0.2, -0.15) is 0 Å². The monoisotopic (exact) mass is 361 g/mol. The van der Waals surface area contributed by atoms with Gasteiger partial charge in [0.25, 0.3) is 5.91 Å². The van der Waals surface area contributed by atoms with E-state index in [4.69, 9.17) is 0 Å². The molecule has 0 radical (unpaired) electrons. The second kappa shape index (κ2) is 9.25. The average molecular weight is 362 g/mol. The Hall–Kier alpha value is -2.52. The zero-order chi connectivity index (χ0) is 18.2. The van der Waals surface area contributed by atoms with Crippen LogP contribution < -0.4 is 5.32 Å². The van der Waals surface area contributed by atoms with E-state index in [1.165, 1.54) is 21.6 Å². The Labute approximate surface area is 159 Å². The van der Waals surface area contributed by atoms with Crippen LogP contribution in [0.25, 0.3) is 0 Å². The smallest absolute Gasteiger partial charge is 0.251 e. The van der Waals surface area contributed by atoms with E-state index in [0.29, 0.717) is 12.1 Å². The first kappa shape index (κ1) is 18.3. The predicted octanol–water partition coefficient (Wildman–Crippen LogP) is 5.26. The van der Waals surface area contributed by atoms with Gasteiger partial charge in [-0.1, -0.05) is 60.2 Å². The molecule has 1 N–H and O–H groups in total. The molecule has 0 atom stereocenters. The van der Waals surface area contributed by atoms with Gasteiger partial charge in [0.15, 0.2) is 0 Å². The van der Waals surface area contributed by atoms with Crippen molar-refractivity contribution < 1.29 is 4.79 Å². The number of carbonyl (C=O) groups is 1. The van der Waals surface area contributed by atoms with Gasteiger partial charge >= 0.3 is 0 Å². The zero-order valence-corrected chi connectivity index (χ0v) is 15.8. The standard InChI is InChI=1S/C23H23NOS/c1-18-7-13-22(14-8-18)26-17-20-9-11-21(12-10-20)23(25)24-16-15-19-5-3-2-4-6-19/h2-14H,15-17H2,1H3,(H,24,25). The largest absolute Gasteiger partial charge is 0.352 e. The summed E-state index contributed by atoms with van der Waals surface area (Å²) in [4.78, 5) is 13.5. The van der Waals surface area contributed by atoms with Gasteiger partial charge in [-0.05, 0) is 48.7 Å². The molecule has 0 aliphatic heterocycles. The normalized spacial score (nSPS) is 10.5. The summed E-state index contributed by atoms with van der Waals surface area (Å²) in [6.45, 7) is 2.74. The minimum absolute atomic E-state index is 0.0151. The first-order valence-corrected chi connectivity index (χ1v) is 9.80. The molecule has 3 aromatic carbocycles. The second-order valence-corrected chi connectivity index (χ2v) is 7.34. The van der Waals surface area contributed by atoms with Crippen LogP contribution in [0.2, 0.25) is 0 Å². The highest BCUT2D eigenvalue weighted by atomic mass is 32.2. The minimum Gasteiger partial charge on any atom is -0.352 e. The number of rotatable bonds is 7. The lowest BCUT2D eigenvalue weighted by Crippen LogP contribution is -2.25. The van der Waals surface area contributed by atoms with Crippen LogP contribution in [0.15, 0.2) is 83.8 Å². The van der Waals surface area contributed by atoms with Crippen LogP contribution in [-0.2, 0) is 12.2 Å². The van der Waals surface area contributed by atoms with Crippen LogP contribution in [0.3, 0.4) is 0 Å². The summed E-state index contributed by atoms with van der Waals surface area (Å²) in [5, 5.41) is 2.99. The van der Waals surface area contributed by atoms with Gasteiger partial charge in [0.2, 0.25) is 0 Å².